The Hall–Kier alpha value is -2.37. The molecule has 3 amide bonds. The zero-order valence-corrected chi connectivity index (χ0v) is 17.6. The van der Waals surface area contributed by atoms with Gasteiger partial charge in [0, 0.05) is 42.4 Å². The highest BCUT2D eigenvalue weighted by atomic mass is 16.2. The maximum Gasteiger partial charge on any atom is 0.255 e. The number of benzene rings is 1. The van der Waals surface area contributed by atoms with E-state index in [0.29, 0.717) is 25.4 Å². The van der Waals surface area contributed by atoms with Gasteiger partial charge >= 0.3 is 0 Å². The minimum Gasteiger partial charge on any atom is -0.368 e. The minimum absolute atomic E-state index is 0.0767. The fourth-order valence-electron chi connectivity index (χ4n) is 5.46. The summed E-state index contributed by atoms with van der Waals surface area (Å²) in [6.07, 6.45) is 11.0. The van der Waals surface area contributed by atoms with E-state index in [1.807, 2.05) is 12.1 Å². The Morgan fingerprint density at radius 1 is 1.00 bits per heavy atom. The van der Waals surface area contributed by atoms with Crippen molar-refractivity contribution in [2.75, 3.05) is 11.4 Å². The Bertz CT molecular complexity index is 857. The number of fused-ring (bicyclic) bond motifs is 1. The number of anilines is 1. The van der Waals surface area contributed by atoms with Gasteiger partial charge in [0.2, 0.25) is 11.8 Å². The summed E-state index contributed by atoms with van der Waals surface area (Å²) in [5.74, 6) is 0.207. The van der Waals surface area contributed by atoms with Gasteiger partial charge in [0.1, 0.15) is 6.04 Å². The van der Waals surface area contributed by atoms with Gasteiger partial charge in [0.25, 0.3) is 5.91 Å². The zero-order chi connectivity index (χ0) is 20.7. The predicted molar refractivity (Wildman–Crippen MR) is 114 cm³/mol. The van der Waals surface area contributed by atoms with Crippen LogP contribution in [0.15, 0.2) is 18.2 Å². The summed E-state index contributed by atoms with van der Waals surface area (Å²) in [7, 11) is 0. The number of amides is 3. The predicted octanol–water partition coefficient (Wildman–Crippen LogP) is 3.39. The number of carbonyl (C=O) groups excluding carboxylic acids is 3. The van der Waals surface area contributed by atoms with E-state index >= 15 is 0 Å². The number of nitrogens with zero attached hydrogens (tertiary/aromatic N) is 2. The van der Waals surface area contributed by atoms with Crippen LogP contribution >= 0.6 is 0 Å². The molecule has 2 heterocycles. The highest BCUT2D eigenvalue weighted by Crippen LogP contribution is 2.39. The standard InChI is InChI=1S/C24H31N3O3/c28-22-12-11-21(23(29)25-22)27-15-19-18(24(27)30)7-4-8-20(19)26(14-13-16-9-10-16)17-5-2-1-3-6-17/h4,7-8,16-17,21H,1-3,5-6,9-15H2,(H,25,28,29). The molecule has 30 heavy (non-hydrogen) atoms. The van der Waals surface area contributed by atoms with E-state index in [-0.39, 0.29) is 17.7 Å². The number of hydrogen-bond acceptors (Lipinski definition) is 4. The fraction of sp³-hybridized carbons (Fsp3) is 0.625. The maximum absolute atomic E-state index is 13.2. The first-order chi connectivity index (χ1) is 14.6. The van der Waals surface area contributed by atoms with E-state index in [9.17, 15) is 14.4 Å². The average Bonchev–Trinajstić information content (AvgIpc) is 3.52. The number of hydrogen-bond donors (Lipinski definition) is 1. The third kappa shape index (κ3) is 3.72. The van der Waals surface area contributed by atoms with Gasteiger partial charge in [-0.1, -0.05) is 38.2 Å². The number of piperidine rings is 1. The van der Waals surface area contributed by atoms with Crippen molar-refractivity contribution >= 4 is 23.4 Å². The average molecular weight is 410 g/mol. The monoisotopic (exact) mass is 409 g/mol. The SMILES string of the molecule is O=C1CCC(N2Cc3c(cccc3N(CCC3CC3)C3CCCCC3)C2=O)C(=O)N1. The summed E-state index contributed by atoms with van der Waals surface area (Å²) < 4.78 is 0. The van der Waals surface area contributed by atoms with Crippen molar-refractivity contribution in [3.8, 4) is 0 Å². The van der Waals surface area contributed by atoms with Crippen LogP contribution in [-0.2, 0) is 16.1 Å². The van der Waals surface area contributed by atoms with Crippen molar-refractivity contribution in [3.05, 3.63) is 29.3 Å². The lowest BCUT2D eigenvalue weighted by molar-refractivity contribution is -0.136. The van der Waals surface area contributed by atoms with Crippen molar-refractivity contribution < 1.29 is 14.4 Å². The molecule has 1 atom stereocenters. The van der Waals surface area contributed by atoms with Crippen molar-refractivity contribution in [1.29, 1.82) is 0 Å². The van der Waals surface area contributed by atoms with Crippen LogP contribution in [0, 0.1) is 5.92 Å². The van der Waals surface area contributed by atoms with Crippen molar-refractivity contribution in [2.45, 2.75) is 82.8 Å². The first kappa shape index (κ1) is 19.6. The van der Waals surface area contributed by atoms with Crippen LogP contribution in [0.1, 0.15) is 80.1 Å². The van der Waals surface area contributed by atoms with Gasteiger partial charge in [0.05, 0.1) is 0 Å². The second kappa shape index (κ2) is 8.05. The molecule has 1 unspecified atom stereocenters. The molecular formula is C24H31N3O3. The van der Waals surface area contributed by atoms with E-state index < -0.39 is 6.04 Å². The molecule has 1 saturated heterocycles. The molecule has 6 heteroatoms. The normalized spacial score (nSPS) is 24.7. The lowest BCUT2D eigenvalue weighted by Gasteiger charge is -2.37. The first-order valence-electron chi connectivity index (χ1n) is 11.6. The summed E-state index contributed by atoms with van der Waals surface area (Å²) in [6.45, 7) is 1.52. The number of carbonyl (C=O) groups is 3. The van der Waals surface area contributed by atoms with E-state index in [2.05, 4.69) is 16.3 Å². The molecule has 5 rings (SSSR count). The molecule has 0 aromatic heterocycles. The largest absolute Gasteiger partial charge is 0.368 e. The van der Waals surface area contributed by atoms with Gasteiger partial charge in [-0.3, -0.25) is 19.7 Å². The van der Waals surface area contributed by atoms with E-state index in [4.69, 9.17) is 0 Å². The zero-order valence-electron chi connectivity index (χ0n) is 17.6. The van der Waals surface area contributed by atoms with Crippen LogP contribution in [0.5, 0.6) is 0 Å². The van der Waals surface area contributed by atoms with Crippen LogP contribution < -0.4 is 10.2 Å². The first-order valence-corrected chi connectivity index (χ1v) is 11.6. The Morgan fingerprint density at radius 3 is 2.53 bits per heavy atom. The molecule has 0 bridgehead atoms. The van der Waals surface area contributed by atoms with Gasteiger partial charge in [-0.05, 0) is 43.7 Å². The Labute approximate surface area is 178 Å². The second-order valence-corrected chi connectivity index (χ2v) is 9.42. The van der Waals surface area contributed by atoms with Crippen LogP contribution in [0.2, 0.25) is 0 Å². The summed E-state index contributed by atoms with van der Waals surface area (Å²) in [4.78, 5) is 41.4. The van der Waals surface area contributed by atoms with Crippen LogP contribution in [-0.4, -0.2) is 41.2 Å². The van der Waals surface area contributed by atoms with E-state index in [1.165, 1.54) is 57.1 Å². The number of imide groups is 1. The van der Waals surface area contributed by atoms with Crippen molar-refractivity contribution in [1.82, 2.24) is 10.2 Å². The molecule has 0 radical (unpaired) electrons. The Kier molecular flexibility index (Phi) is 5.25. The van der Waals surface area contributed by atoms with Gasteiger partial charge in [-0.2, -0.15) is 0 Å². The quantitative estimate of drug-likeness (QED) is 0.731. The molecule has 6 nitrogen and oxygen atoms in total. The van der Waals surface area contributed by atoms with Crippen LogP contribution in [0.25, 0.3) is 0 Å². The van der Waals surface area contributed by atoms with Crippen LogP contribution in [0.3, 0.4) is 0 Å². The molecule has 4 aliphatic rings. The van der Waals surface area contributed by atoms with E-state index in [0.717, 1.165) is 23.6 Å². The molecule has 1 aromatic rings. The Morgan fingerprint density at radius 2 is 1.80 bits per heavy atom. The number of nitrogens with one attached hydrogen (secondary N) is 1. The molecule has 1 aromatic carbocycles. The highest BCUT2D eigenvalue weighted by Gasteiger charge is 2.40. The lowest BCUT2D eigenvalue weighted by Crippen LogP contribution is -2.52. The van der Waals surface area contributed by atoms with Crippen molar-refractivity contribution in [2.24, 2.45) is 5.92 Å². The number of rotatable bonds is 6. The van der Waals surface area contributed by atoms with Gasteiger partial charge < -0.3 is 9.80 Å². The highest BCUT2D eigenvalue weighted by molar-refractivity contribution is 6.06. The second-order valence-electron chi connectivity index (χ2n) is 9.42. The molecule has 0 spiro atoms. The maximum atomic E-state index is 13.2. The van der Waals surface area contributed by atoms with E-state index in [1.54, 1.807) is 4.90 Å². The van der Waals surface area contributed by atoms with Gasteiger partial charge in [0.15, 0.2) is 0 Å². The molecule has 160 valence electrons. The molecule has 2 aliphatic heterocycles. The topological polar surface area (TPSA) is 69.7 Å². The third-order valence-electron chi connectivity index (χ3n) is 7.36. The van der Waals surface area contributed by atoms with Crippen molar-refractivity contribution in [3.63, 3.8) is 0 Å². The molecule has 2 saturated carbocycles. The third-order valence-corrected chi connectivity index (χ3v) is 7.36. The molecule has 3 fully saturated rings. The summed E-state index contributed by atoms with van der Waals surface area (Å²) >= 11 is 0. The summed E-state index contributed by atoms with van der Waals surface area (Å²) in [5, 5.41) is 2.40. The fourth-order valence-corrected chi connectivity index (χ4v) is 5.46. The van der Waals surface area contributed by atoms with Crippen LogP contribution in [0.4, 0.5) is 5.69 Å². The summed E-state index contributed by atoms with van der Waals surface area (Å²) in [6, 6.07) is 6.05. The van der Waals surface area contributed by atoms with Gasteiger partial charge in [-0.15, -0.1) is 0 Å². The molecular weight excluding hydrogens is 378 g/mol. The molecule has 2 aliphatic carbocycles. The Balaban J connectivity index is 1.42. The smallest absolute Gasteiger partial charge is 0.255 e. The summed E-state index contributed by atoms with van der Waals surface area (Å²) in [5.41, 5.74) is 2.97. The minimum atomic E-state index is -0.551. The lowest BCUT2D eigenvalue weighted by atomic mass is 9.92. The molecule has 1 N–H and O–H groups in total. The van der Waals surface area contributed by atoms with Gasteiger partial charge in [-0.25, -0.2) is 0 Å².